The molecule has 0 fully saturated rings. The molecule has 2 rings (SSSR count). The van der Waals surface area contributed by atoms with Crippen LogP contribution in [0.15, 0.2) is 36.5 Å². The quantitative estimate of drug-likeness (QED) is 0.857. The number of nitrogens with zero attached hydrogens (tertiary/aromatic N) is 1. The van der Waals surface area contributed by atoms with Gasteiger partial charge < -0.3 is 15.6 Å². The Kier molecular flexibility index (Phi) is 5.04. The van der Waals surface area contributed by atoms with Crippen LogP contribution < -0.4 is 11.1 Å². The van der Waals surface area contributed by atoms with Crippen molar-refractivity contribution in [3.63, 3.8) is 0 Å². The van der Waals surface area contributed by atoms with Crippen LogP contribution in [0.4, 0.5) is 5.69 Å². The van der Waals surface area contributed by atoms with Crippen molar-refractivity contribution in [3.8, 4) is 0 Å². The van der Waals surface area contributed by atoms with Gasteiger partial charge in [-0.05, 0) is 31.4 Å². The summed E-state index contributed by atoms with van der Waals surface area (Å²) in [6, 6.07) is 10.1. The van der Waals surface area contributed by atoms with E-state index in [0.29, 0.717) is 17.9 Å². The highest BCUT2D eigenvalue weighted by molar-refractivity contribution is 5.93. The predicted octanol–water partition coefficient (Wildman–Crippen LogP) is 2.76. The molecule has 21 heavy (non-hydrogen) atoms. The number of hydrogen-bond acceptors (Lipinski definition) is 2. The van der Waals surface area contributed by atoms with Crippen LogP contribution in [-0.2, 0) is 13.0 Å². The molecule has 1 heterocycles. The number of carbonyl (C=O) groups is 1. The summed E-state index contributed by atoms with van der Waals surface area (Å²) in [5.41, 5.74) is 9.53. The molecule has 0 saturated carbocycles. The molecule has 1 aromatic heterocycles. The normalized spacial score (nSPS) is 10.6. The minimum atomic E-state index is -0.0622. The van der Waals surface area contributed by atoms with Crippen LogP contribution in [0.5, 0.6) is 0 Å². The molecule has 0 atom stereocenters. The molecule has 4 heteroatoms. The molecular weight excluding hydrogens is 262 g/mol. The van der Waals surface area contributed by atoms with Crippen molar-refractivity contribution >= 4 is 11.6 Å². The third-order valence-corrected chi connectivity index (χ3v) is 3.40. The van der Waals surface area contributed by atoms with E-state index in [2.05, 4.69) is 37.4 Å². The zero-order chi connectivity index (χ0) is 15.2. The van der Waals surface area contributed by atoms with E-state index in [1.807, 2.05) is 16.8 Å². The van der Waals surface area contributed by atoms with Crippen LogP contribution in [0.2, 0.25) is 0 Å². The van der Waals surface area contributed by atoms with Gasteiger partial charge in [0.25, 0.3) is 5.91 Å². The smallest absolute Gasteiger partial charge is 0.267 e. The van der Waals surface area contributed by atoms with E-state index in [1.165, 1.54) is 11.1 Å². The number of aryl methyl sites for hydroxylation is 2. The van der Waals surface area contributed by atoms with Crippen molar-refractivity contribution in [2.75, 3.05) is 12.3 Å². The Bertz CT molecular complexity index is 616. The standard InChI is InChI=1S/C17H23N3O/c1-3-9-20-12-15(18)11-16(20)17(21)19-8-7-14-6-4-5-13(2)10-14/h4-6,10-12H,3,7-9,18H2,1-2H3,(H,19,21). The summed E-state index contributed by atoms with van der Waals surface area (Å²) in [5, 5.41) is 2.96. The first kappa shape index (κ1) is 15.2. The van der Waals surface area contributed by atoms with E-state index < -0.39 is 0 Å². The Morgan fingerprint density at radius 2 is 2.14 bits per heavy atom. The lowest BCUT2D eigenvalue weighted by Crippen LogP contribution is -2.27. The van der Waals surface area contributed by atoms with Crippen molar-refractivity contribution < 1.29 is 4.79 Å². The Balaban J connectivity index is 1.93. The highest BCUT2D eigenvalue weighted by Gasteiger charge is 2.11. The molecule has 0 aliphatic rings. The summed E-state index contributed by atoms with van der Waals surface area (Å²) in [6.45, 7) is 5.58. The fourth-order valence-electron chi connectivity index (χ4n) is 2.43. The first-order chi connectivity index (χ1) is 10.1. The zero-order valence-electron chi connectivity index (χ0n) is 12.7. The van der Waals surface area contributed by atoms with Crippen LogP contribution in [0.1, 0.15) is 35.0 Å². The number of nitrogens with one attached hydrogen (secondary N) is 1. The summed E-state index contributed by atoms with van der Waals surface area (Å²) in [5.74, 6) is -0.0622. The minimum Gasteiger partial charge on any atom is -0.397 e. The third-order valence-electron chi connectivity index (χ3n) is 3.40. The lowest BCUT2D eigenvalue weighted by atomic mass is 10.1. The molecule has 0 saturated heterocycles. The van der Waals surface area contributed by atoms with Crippen molar-refractivity contribution in [1.29, 1.82) is 0 Å². The van der Waals surface area contributed by atoms with Crippen LogP contribution in [0.25, 0.3) is 0 Å². The van der Waals surface area contributed by atoms with Crippen molar-refractivity contribution in [1.82, 2.24) is 9.88 Å². The Morgan fingerprint density at radius 3 is 2.86 bits per heavy atom. The van der Waals surface area contributed by atoms with Gasteiger partial charge in [-0.15, -0.1) is 0 Å². The van der Waals surface area contributed by atoms with Crippen LogP contribution >= 0.6 is 0 Å². The third kappa shape index (κ3) is 4.12. The second-order valence-electron chi connectivity index (χ2n) is 5.35. The van der Waals surface area contributed by atoms with Gasteiger partial charge in [-0.1, -0.05) is 36.8 Å². The van der Waals surface area contributed by atoms with E-state index in [9.17, 15) is 4.79 Å². The average Bonchev–Trinajstić information content (AvgIpc) is 2.80. The van der Waals surface area contributed by atoms with Gasteiger partial charge in [0.05, 0.1) is 5.69 Å². The van der Waals surface area contributed by atoms with Gasteiger partial charge in [0.1, 0.15) is 5.69 Å². The maximum atomic E-state index is 12.2. The van der Waals surface area contributed by atoms with Crippen LogP contribution in [-0.4, -0.2) is 17.0 Å². The average molecular weight is 285 g/mol. The van der Waals surface area contributed by atoms with Gasteiger partial charge in [0.15, 0.2) is 0 Å². The molecule has 0 aliphatic carbocycles. The largest absolute Gasteiger partial charge is 0.397 e. The van der Waals surface area contributed by atoms with Crippen LogP contribution in [0, 0.1) is 6.92 Å². The fourth-order valence-corrected chi connectivity index (χ4v) is 2.43. The lowest BCUT2D eigenvalue weighted by molar-refractivity contribution is 0.0944. The molecule has 1 aromatic carbocycles. The Labute approximate surface area is 126 Å². The van der Waals surface area contributed by atoms with Gasteiger partial charge in [0.2, 0.25) is 0 Å². The molecule has 0 radical (unpaired) electrons. The number of amides is 1. The maximum absolute atomic E-state index is 12.2. The Morgan fingerprint density at radius 1 is 1.33 bits per heavy atom. The second kappa shape index (κ2) is 6.97. The van der Waals surface area contributed by atoms with E-state index in [-0.39, 0.29) is 5.91 Å². The topological polar surface area (TPSA) is 60.0 Å². The van der Waals surface area contributed by atoms with Crippen molar-refractivity contribution in [3.05, 3.63) is 53.3 Å². The van der Waals surface area contributed by atoms with Crippen molar-refractivity contribution in [2.24, 2.45) is 0 Å². The number of hydrogen-bond donors (Lipinski definition) is 2. The summed E-state index contributed by atoms with van der Waals surface area (Å²) in [4.78, 5) is 12.2. The molecule has 112 valence electrons. The summed E-state index contributed by atoms with van der Waals surface area (Å²) in [7, 11) is 0. The minimum absolute atomic E-state index is 0.0622. The first-order valence-corrected chi connectivity index (χ1v) is 7.39. The van der Waals surface area contributed by atoms with E-state index >= 15 is 0 Å². The SMILES string of the molecule is CCCn1cc(N)cc1C(=O)NCCc1cccc(C)c1. The second-order valence-corrected chi connectivity index (χ2v) is 5.35. The predicted molar refractivity (Wildman–Crippen MR) is 86.4 cm³/mol. The number of anilines is 1. The molecule has 0 bridgehead atoms. The molecule has 0 spiro atoms. The van der Waals surface area contributed by atoms with Crippen LogP contribution in [0.3, 0.4) is 0 Å². The fraction of sp³-hybridized carbons (Fsp3) is 0.353. The molecule has 3 N–H and O–H groups in total. The number of benzene rings is 1. The lowest BCUT2D eigenvalue weighted by Gasteiger charge is -2.09. The summed E-state index contributed by atoms with van der Waals surface area (Å²) in [6.07, 6.45) is 3.62. The number of nitrogen functional groups attached to an aromatic ring is 1. The number of carbonyl (C=O) groups excluding carboxylic acids is 1. The number of aromatic nitrogens is 1. The van der Waals surface area contributed by atoms with Gasteiger partial charge >= 0.3 is 0 Å². The van der Waals surface area contributed by atoms with Crippen molar-refractivity contribution in [2.45, 2.75) is 33.2 Å². The first-order valence-electron chi connectivity index (χ1n) is 7.39. The molecule has 0 unspecified atom stereocenters. The van der Waals surface area contributed by atoms with Gasteiger partial charge in [0, 0.05) is 19.3 Å². The molecule has 1 amide bonds. The zero-order valence-corrected chi connectivity index (χ0v) is 12.7. The summed E-state index contributed by atoms with van der Waals surface area (Å²) >= 11 is 0. The molecule has 4 nitrogen and oxygen atoms in total. The van der Waals surface area contributed by atoms with Gasteiger partial charge in [-0.3, -0.25) is 4.79 Å². The van der Waals surface area contributed by atoms with Gasteiger partial charge in [-0.25, -0.2) is 0 Å². The number of rotatable bonds is 6. The maximum Gasteiger partial charge on any atom is 0.267 e. The Hall–Kier alpha value is -2.23. The molecule has 2 aromatic rings. The van der Waals surface area contributed by atoms with E-state index in [4.69, 9.17) is 5.73 Å². The van der Waals surface area contributed by atoms with E-state index in [1.54, 1.807) is 6.07 Å². The molecule has 0 aliphatic heterocycles. The monoisotopic (exact) mass is 285 g/mol. The highest BCUT2D eigenvalue weighted by atomic mass is 16.1. The summed E-state index contributed by atoms with van der Waals surface area (Å²) < 4.78 is 1.91. The van der Waals surface area contributed by atoms with E-state index in [0.717, 1.165) is 19.4 Å². The number of nitrogens with two attached hydrogens (primary N) is 1. The van der Waals surface area contributed by atoms with Gasteiger partial charge in [-0.2, -0.15) is 0 Å². The highest BCUT2D eigenvalue weighted by Crippen LogP contribution is 2.11. The molecular formula is C17H23N3O.